The average Bonchev–Trinajstić information content (AvgIpc) is 2.20. The number of rotatable bonds is 5. The summed E-state index contributed by atoms with van der Waals surface area (Å²) in [5.41, 5.74) is 0.558. The SMILES string of the molecule is CC(=O)c1cc(Br)ccc1OCCCO. The molecular weight excluding hydrogens is 260 g/mol. The first-order valence-corrected chi connectivity index (χ1v) is 5.48. The second-order valence-electron chi connectivity index (χ2n) is 3.12. The van der Waals surface area contributed by atoms with E-state index < -0.39 is 0 Å². The Hall–Kier alpha value is -0.870. The van der Waals surface area contributed by atoms with E-state index in [4.69, 9.17) is 9.84 Å². The maximum Gasteiger partial charge on any atom is 0.163 e. The fourth-order valence-electron chi connectivity index (χ4n) is 1.15. The number of halogens is 1. The molecule has 1 aromatic carbocycles. The Morgan fingerprint density at radius 2 is 2.27 bits per heavy atom. The van der Waals surface area contributed by atoms with Gasteiger partial charge in [-0.25, -0.2) is 0 Å². The molecule has 1 N–H and O–H groups in total. The number of ether oxygens (including phenoxy) is 1. The van der Waals surface area contributed by atoms with E-state index >= 15 is 0 Å². The molecule has 0 unspecified atom stereocenters. The van der Waals surface area contributed by atoms with Crippen molar-refractivity contribution in [3.8, 4) is 5.75 Å². The number of carbonyl (C=O) groups excluding carboxylic acids is 1. The van der Waals surface area contributed by atoms with E-state index in [1.165, 1.54) is 6.92 Å². The van der Waals surface area contributed by atoms with Gasteiger partial charge in [0, 0.05) is 17.5 Å². The topological polar surface area (TPSA) is 46.5 Å². The summed E-state index contributed by atoms with van der Waals surface area (Å²) in [6.07, 6.45) is 0.563. The minimum atomic E-state index is -0.0321. The molecule has 82 valence electrons. The van der Waals surface area contributed by atoms with E-state index in [1.54, 1.807) is 12.1 Å². The molecule has 0 heterocycles. The standard InChI is InChI=1S/C11H13BrO3/c1-8(14)10-7-9(12)3-4-11(10)15-6-2-5-13/h3-4,7,13H,2,5-6H2,1H3. The van der Waals surface area contributed by atoms with E-state index in [0.29, 0.717) is 24.3 Å². The molecule has 15 heavy (non-hydrogen) atoms. The van der Waals surface area contributed by atoms with Crippen molar-refractivity contribution in [1.82, 2.24) is 0 Å². The third-order valence-corrected chi connectivity index (χ3v) is 2.37. The van der Waals surface area contributed by atoms with Gasteiger partial charge in [0.25, 0.3) is 0 Å². The molecular formula is C11H13BrO3. The Labute approximate surface area is 97.2 Å². The summed E-state index contributed by atoms with van der Waals surface area (Å²) < 4.78 is 6.24. The van der Waals surface area contributed by atoms with E-state index in [0.717, 1.165) is 4.47 Å². The largest absolute Gasteiger partial charge is 0.493 e. The lowest BCUT2D eigenvalue weighted by Gasteiger charge is -2.09. The van der Waals surface area contributed by atoms with Gasteiger partial charge in [0.2, 0.25) is 0 Å². The summed E-state index contributed by atoms with van der Waals surface area (Å²) >= 11 is 3.30. The lowest BCUT2D eigenvalue weighted by atomic mass is 10.1. The third-order valence-electron chi connectivity index (χ3n) is 1.88. The number of hydrogen-bond donors (Lipinski definition) is 1. The Bertz CT molecular complexity index is 350. The number of aliphatic hydroxyl groups is 1. The zero-order chi connectivity index (χ0) is 11.3. The molecule has 0 aromatic heterocycles. The first-order valence-electron chi connectivity index (χ1n) is 4.69. The van der Waals surface area contributed by atoms with Crippen molar-refractivity contribution < 1.29 is 14.6 Å². The van der Waals surface area contributed by atoms with Crippen LogP contribution in [0, 0.1) is 0 Å². The number of benzene rings is 1. The van der Waals surface area contributed by atoms with Gasteiger partial charge in [-0.1, -0.05) is 15.9 Å². The van der Waals surface area contributed by atoms with Crippen LogP contribution >= 0.6 is 15.9 Å². The highest BCUT2D eigenvalue weighted by atomic mass is 79.9. The van der Waals surface area contributed by atoms with Crippen LogP contribution < -0.4 is 4.74 Å². The number of aliphatic hydroxyl groups excluding tert-OH is 1. The second-order valence-corrected chi connectivity index (χ2v) is 4.04. The average molecular weight is 273 g/mol. The highest BCUT2D eigenvalue weighted by molar-refractivity contribution is 9.10. The van der Waals surface area contributed by atoms with Crippen molar-refractivity contribution in [3.05, 3.63) is 28.2 Å². The number of carbonyl (C=O) groups is 1. The first-order chi connectivity index (χ1) is 7.15. The predicted octanol–water partition coefficient (Wildman–Crippen LogP) is 2.41. The maximum atomic E-state index is 11.3. The molecule has 0 fully saturated rings. The first kappa shape index (κ1) is 12.2. The summed E-state index contributed by atoms with van der Waals surface area (Å²) in [5, 5.41) is 8.61. The summed E-state index contributed by atoms with van der Waals surface area (Å²) in [4.78, 5) is 11.3. The van der Waals surface area contributed by atoms with Gasteiger partial charge in [-0.3, -0.25) is 4.79 Å². The van der Waals surface area contributed by atoms with Gasteiger partial charge in [0.05, 0.1) is 12.2 Å². The van der Waals surface area contributed by atoms with Gasteiger partial charge in [-0.2, -0.15) is 0 Å². The molecule has 0 aliphatic rings. The number of hydrogen-bond acceptors (Lipinski definition) is 3. The third kappa shape index (κ3) is 3.64. The van der Waals surface area contributed by atoms with Crippen molar-refractivity contribution in [2.75, 3.05) is 13.2 Å². The predicted molar refractivity (Wildman–Crippen MR) is 61.3 cm³/mol. The molecule has 0 aliphatic heterocycles. The molecule has 3 nitrogen and oxygen atoms in total. The van der Waals surface area contributed by atoms with Gasteiger partial charge < -0.3 is 9.84 Å². The van der Waals surface area contributed by atoms with Crippen LogP contribution in [0.5, 0.6) is 5.75 Å². The van der Waals surface area contributed by atoms with Crippen molar-refractivity contribution in [1.29, 1.82) is 0 Å². The molecule has 0 amide bonds. The minimum Gasteiger partial charge on any atom is -0.493 e. The summed E-state index contributed by atoms with van der Waals surface area (Å²) in [6, 6.07) is 5.30. The van der Waals surface area contributed by atoms with E-state index in [1.807, 2.05) is 6.07 Å². The summed E-state index contributed by atoms with van der Waals surface area (Å²) in [6.45, 7) is 2.00. The Morgan fingerprint density at radius 1 is 1.53 bits per heavy atom. The second kappa shape index (κ2) is 5.88. The maximum absolute atomic E-state index is 11.3. The summed E-state index contributed by atoms with van der Waals surface area (Å²) in [5.74, 6) is 0.537. The lowest BCUT2D eigenvalue weighted by Crippen LogP contribution is -2.04. The van der Waals surface area contributed by atoms with Crippen LogP contribution in [0.3, 0.4) is 0 Å². The van der Waals surface area contributed by atoms with Crippen molar-refractivity contribution in [2.45, 2.75) is 13.3 Å². The molecule has 0 radical (unpaired) electrons. The van der Waals surface area contributed by atoms with E-state index in [9.17, 15) is 4.79 Å². The molecule has 0 saturated heterocycles. The molecule has 0 saturated carbocycles. The molecule has 1 aromatic rings. The number of Topliss-reactive ketones (excluding diaryl/α,β-unsaturated/α-hetero) is 1. The van der Waals surface area contributed by atoms with Crippen LogP contribution in [0.15, 0.2) is 22.7 Å². The monoisotopic (exact) mass is 272 g/mol. The molecule has 0 bridgehead atoms. The highest BCUT2D eigenvalue weighted by Gasteiger charge is 2.08. The van der Waals surface area contributed by atoms with Crippen molar-refractivity contribution in [3.63, 3.8) is 0 Å². The van der Waals surface area contributed by atoms with Crippen molar-refractivity contribution in [2.24, 2.45) is 0 Å². The molecule has 0 atom stereocenters. The Balaban J connectivity index is 2.81. The van der Waals surface area contributed by atoms with Gasteiger partial charge in [0.15, 0.2) is 5.78 Å². The normalized spacial score (nSPS) is 10.1. The van der Waals surface area contributed by atoms with Crippen LogP contribution in [0.4, 0.5) is 0 Å². The highest BCUT2D eigenvalue weighted by Crippen LogP contribution is 2.23. The van der Waals surface area contributed by atoms with Crippen LogP contribution in [-0.4, -0.2) is 24.1 Å². The Morgan fingerprint density at radius 3 is 2.87 bits per heavy atom. The van der Waals surface area contributed by atoms with Crippen LogP contribution in [0.1, 0.15) is 23.7 Å². The summed E-state index contributed by atoms with van der Waals surface area (Å²) in [7, 11) is 0. The quantitative estimate of drug-likeness (QED) is 0.662. The fourth-order valence-corrected chi connectivity index (χ4v) is 1.51. The van der Waals surface area contributed by atoms with Crippen molar-refractivity contribution >= 4 is 21.7 Å². The zero-order valence-electron chi connectivity index (χ0n) is 8.50. The lowest BCUT2D eigenvalue weighted by molar-refractivity contribution is 0.101. The van der Waals surface area contributed by atoms with E-state index in [2.05, 4.69) is 15.9 Å². The van der Waals surface area contributed by atoms with Crippen LogP contribution in [0.25, 0.3) is 0 Å². The minimum absolute atomic E-state index is 0.0321. The van der Waals surface area contributed by atoms with Gasteiger partial charge >= 0.3 is 0 Å². The fraction of sp³-hybridized carbons (Fsp3) is 0.364. The van der Waals surface area contributed by atoms with Gasteiger partial charge in [-0.15, -0.1) is 0 Å². The number of ketones is 1. The Kier molecular flexibility index (Phi) is 4.78. The smallest absolute Gasteiger partial charge is 0.163 e. The van der Waals surface area contributed by atoms with Gasteiger partial charge in [0.1, 0.15) is 5.75 Å². The van der Waals surface area contributed by atoms with E-state index in [-0.39, 0.29) is 12.4 Å². The zero-order valence-corrected chi connectivity index (χ0v) is 10.1. The molecule has 4 heteroatoms. The molecule has 0 aliphatic carbocycles. The van der Waals surface area contributed by atoms with Gasteiger partial charge in [-0.05, 0) is 25.1 Å². The molecule has 1 rings (SSSR count). The molecule has 0 spiro atoms. The van der Waals surface area contributed by atoms with Crippen LogP contribution in [-0.2, 0) is 0 Å². The van der Waals surface area contributed by atoms with Crippen LogP contribution in [0.2, 0.25) is 0 Å².